The van der Waals surface area contributed by atoms with Crippen LogP contribution in [0.3, 0.4) is 0 Å². The highest BCUT2D eigenvalue weighted by Gasteiger charge is 2.14. The highest BCUT2D eigenvalue weighted by Crippen LogP contribution is 2.35. The number of anilines is 5. The minimum absolute atomic E-state index is 1.11. The van der Waals surface area contributed by atoms with Crippen LogP contribution in [0, 0.1) is 0 Å². The van der Waals surface area contributed by atoms with E-state index in [4.69, 9.17) is 0 Å². The number of fused-ring (bicyclic) bond motifs is 2. The van der Waals surface area contributed by atoms with Crippen LogP contribution in [-0.2, 0) is 14.1 Å². The van der Waals surface area contributed by atoms with Gasteiger partial charge in [0.2, 0.25) is 22.4 Å². The topological polar surface area (TPSA) is 17.5 Å². The SMILES string of the molecule is CN(C)c1ccc2c(ccc(/C=C/c3ccc(N(c4ccccc4)c4ccc(/C=C/c5ccc6cc(N(C)C)ccc6[n+]5C)cc4)cc3)[n+]2C)c1. The molecule has 0 radical (unpaired) electrons. The van der Waals surface area contributed by atoms with Crippen LogP contribution in [0.15, 0.2) is 140 Å². The predicted molar refractivity (Wildman–Crippen MR) is 218 cm³/mol. The number of aromatic nitrogens is 2. The zero-order chi connectivity index (χ0) is 35.5. The minimum atomic E-state index is 1.11. The third kappa shape index (κ3) is 7.10. The lowest BCUT2D eigenvalue weighted by atomic mass is 10.1. The zero-order valence-electron chi connectivity index (χ0n) is 30.3. The van der Waals surface area contributed by atoms with Crippen LogP contribution in [0.5, 0.6) is 0 Å². The molecule has 252 valence electrons. The molecule has 0 atom stereocenters. The van der Waals surface area contributed by atoms with Crippen molar-refractivity contribution < 1.29 is 9.13 Å². The lowest BCUT2D eigenvalue weighted by Gasteiger charge is -2.25. The highest BCUT2D eigenvalue weighted by atomic mass is 15.1. The summed E-state index contributed by atoms with van der Waals surface area (Å²) in [6, 6.07) is 50.1. The normalized spacial score (nSPS) is 11.6. The number of hydrogen-bond acceptors (Lipinski definition) is 3. The summed E-state index contributed by atoms with van der Waals surface area (Å²) in [5, 5.41) is 2.46. The van der Waals surface area contributed by atoms with Gasteiger partial charge in [0.15, 0.2) is 0 Å². The van der Waals surface area contributed by atoms with Gasteiger partial charge in [-0.2, -0.15) is 9.13 Å². The van der Waals surface area contributed by atoms with Crippen LogP contribution in [0.25, 0.3) is 46.1 Å². The molecule has 0 saturated heterocycles. The van der Waals surface area contributed by atoms with E-state index in [2.05, 4.69) is 230 Å². The van der Waals surface area contributed by atoms with Crippen molar-refractivity contribution in [2.24, 2.45) is 14.1 Å². The molecule has 0 N–H and O–H groups in total. The average Bonchev–Trinajstić information content (AvgIpc) is 3.15. The summed E-state index contributed by atoms with van der Waals surface area (Å²) in [6.07, 6.45) is 8.75. The maximum absolute atomic E-state index is 2.30. The molecule has 7 rings (SSSR count). The maximum atomic E-state index is 2.30. The second kappa shape index (κ2) is 14.3. The Balaban J connectivity index is 1.11. The standard InChI is InChI=1S/C46H45N5/c1-47(2)43-28-30-45-36(32-43)18-26-38(49(45)5)20-12-34-14-22-41(23-15-34)51(40-10-8-7-9-11-40)42-24-16-35(17-25-42)13-21-39-27-19-37-33-44(48(3)4)29-31-46(37)50(39)6/h7-33H,1-6H3/q+2. The second-order valence-corrected chi connectivity index (χ2v) is 13.4. The summed E-state index contributed by atoms with van der Waals surface area (Å²) in [6.45, 7) is 0. The average molecular weight is 668 g/mol. The van der Waals surface area contributed by atoms with E-state index < -0.39 is 0 Å². The molecule has 5 heteroatoms. The van der Waals surface area contributed by atoms with Gasteiger partial charge in [-0.1, -0.05) is 42.5 Å². The monoisotopic (exact) mass is 667 g/mol. The Bertz CT molecular complexity index is 2220. The molecular formula is C46H45N5+2. The Morgan fingerprint density at radius 3 is 1.20 bits per heavy atom. The van der Waals surface area contributed by atoms with Crippen molar-refractivity contribution in [3.8, 4) is 0 Å². The Labute approximate surface area is 301 Å². The quantitative estimate of drug-likeness (QED) is 0.143. The van der Waals surface area contributed by atoms with Crippen molar-refractivity contribution in [1.29, 1.82) is 0 Å². The van der Waals surface area contributed by atoms with Gasteiger partial charge < -0.3 is 14.7 Å². The van der Waals surface area contributed by atoms with Gasteiger partial charge in [-0.25, -0.2) is 0 Å². The molecule has 0 unspecified atom stereocenters. The first-order valence-electron chi connectivity index (χ1n) is 17.4. The molecule has 0 amide bonds. The van der Waals surface area contributed by atoms with Crippen LogP contribution in [-0.4, -0.2) is 28.2 Å². The predicted octanol–water partition coefficient (Wildman–Crippen LogP) is 9.58. The number of rotatable bonds is 9. The molecule has 5 nitrogen and oxygen atoms in total. The molecular weight excluding hydrogens is 623 g/mol. The Hall–Kier alpha value is -6.20. The van der Waals surface area contributed by atoms with E-state index in [0.29, 0.717) is 0 Å². The third-order valence-corrected chi connectivity index (χ3v) is 9.63. The van der Waals surface area contributed by atoms with Crippen LogP contribution in [0.2, 0.25) is 0 Å². The van der Waals surface area contributed by atoms with E-state index in [-0.39, 0.29) is 0 Å². The summed E-state index contributed by atoms with van der Waals surface area (Å²) >= 11 is 0. The van der Waals surface area contributed by atoms with E-state index in [0.717, 1.165) is 39.6 Å². The van der Waals surface area contributed by atoms with E-state index in [1.54, 1.807) is 0 Å². The van der Waals surface area contributed by atoms with E-state index in [1.165, 1.54) is 33.2 Å². The fourth-order valence-corrected chi connectivity index (χ4v) is 6.56. The first kappa shape index (κ1) is 33.3. The molecule has 2 aromatic heterocycles. The van der Waals surface area contributed by atoms with Gasteiger partial charge in [0.05, 0.1) is 0 Å². The fraction of sp³-hybridized carbons (Fsp3) is 0.130. The largest absolute Gasteiger partial charge is 0.378 e. The molecule has 0 fully saturated rings. The highest BCUT2D eigenvalue weighted by molar-refractivity contribution is 5.83. The van der Waals surface area contributed by atoms with E-state index >= 15 is 0 Å². The second-order valence-electron chi connectivity index (χ2n) is 13.4. The molecule has 0 aliphatic carbocycles. The zero-order valence-corrected chi connectivity index (χ0v) is 30.3. The Kier molecular flexibility index (Phi) is 9.36. The van der Waals surface area contributed by atoms with Crippen LogP contribution < -0.4 is 23.8 Å². The van der Waals surface area contributed by atoms with Crippen molar-refractivity contribution in [2.45, 2.75) is 0 Å². The fourth-order valence-electron chi connectivity index (χ4n) is 6.56. The van der Waals surface area contributed by atoms with Crippen molar-refractivity contribution >= 4 is 74.5 Å². The van der Waals surface area contributed by atoms with Crippen LogP contribution in [0.4, 0.5) is 28.4 Å². The molecule has 0 aliphatic heterocycles. The number of para-hydroxylation sites is 1. The van der Waals surface area contributed by atoms with Gasteiger partial charge in [-0.3, -0.25) is 0 Å². The summed E-state index contributed by atoms with van der Waals surface area (Å²) in [7, 11) is 12.6. The number of benzene rings is 5. The Morgan fingerprint density at radius 2 is 0.784 bits per heavy atom. The maximum Gasteiger partial charge on any atom is 0.212 e. The number of nitrogens with zero attached hydrogens (tertiary/aromatic N) is 5. The smallest absolute Gasteiger partial charge is 0.212 e. The number of hydrogen-bond donors (Lipinski definition) is 0. The first-order valence-corrected chi connectivity index (χ1v) is 17.4. The molecule has 7 aromatic rings. The van der Waals surface area contributed by atoms with Crippen molar-refractivity contribution in [3.63, 3.8) is 0 Å². The summed E-state index contributed by atoms with van der Waals surface area (Å²) < 4.78 is 4.50. The van der Waals surface area contributed by atoms with Crippen LogP contribution >= 0.6 is 0 Å². The lowest BCUT2D eigenvalue weighted by Crippen LogP contribution is -2.32. The van der Waals surface area contributed by atoms with Crippen molar-refractivity contribution in [3.05, 3.63) is 162 Å². The van der Waals surface area contributed by atoms with Gasteiger partial charge in [-0.05, 0) is 96.1 Å². The van der Waals surface area contributed by atoms with Gasteiger partial charge in [0, 0.05) is 104 Å². The molecule has 0 saturated carbocycles. The van der Waals surface area contributed by atoms with E-state index in [1.807, 2.05) is 0 Å². The summed E-state index contributed by atoms with van der Waals surface area (Å²) in [5.74, 6) is 0. The van der Waals surface area contributed by atoms with Crippen molar-refractivity contribution in [1.82, 2.24) is 0 Å². The van der Waals surface area contributed by atoms with Gasteiger partial charge >= 0.3 is 0 Å². The lowest BCUT2D eigenvalue weighted by molar-refractivity contribution is -0.646. The number of pyridine rings is 2. The molecule has 51 heavy (non-hydrogen) atoms. The third-order valence-electron chi connectivity index (χ3n) is 9.63. The van der Waals surface area contributed by atoms with Gasteiger partial charge in [0.1, 0.15) is 14.1 Å². The van der Waals surface area contributed by atoms with E-state index in [9.17, 15) is 0 Å². The molecule has 0 aliphatic rings. The summed E-state index contributed by atoms with van der Waals surface area (Å²) in [4.78, 5) is 6.58. The molecule has 0 spiro atoms. The summed E-state index contributed by atoms with van der Waals surface area (Å²) in [5.41, 5.74) is 12.7. The molecule has 5 aromatic carbocycles. The van der Waals surface area contributed by atoms with Gasteiger partial charge in [-0.15, -0.1) is 0 Å². The van der Waals surface area contributed by atoms with Crippen LogP contribution in [0.1, 0.15) is 22.5 Å². The first-order chi connectivity index (χ1) is 24.7. The van der Waals surface area contributed by atoms with Crippen molar-refractivity contribution in [2.75, 3.05) is 42.9 Å². The minimum Gasteiger partial charge on any atom is -0.378 e. The Morgan fingerprint density at radius 1 is 0.392 bits per heavy atom. The molecule has 0 bridgehead atoms. The number of aryl methyl sites for hydroxylation is 2. The van der Waals surface area contributed by atoms with Gasteiger partial charge in [0.25, 0.3) is 0 Å². The molecule has 2 heterocycles.